The monoisotopic (exact) mass is 209 g/mol. The molecule has 2 rings (SSSR count). The van der Waals surface area contributed by atoms with Gasteiger partial charge in [-0.2, -0.15) is 0 Å². The largest absolute Gasteiger partial charge is 0.386 e. The molecular formula is C12H23N3. The Kier molecular flexibility index (Phi) is 3.29. The van der Waals surface area contributed by atoms with Crippen LogP contribution in [-0.4, -0.2) is 29.9 Å². The van der Waals surface area contributed by atoms with Crippen LogP contribution in [0.2, 0.25) is 0 Å². The summed E-state index contributed by atoms with van der Waals surface area (Å²) < 4.78 is 0. The molecule has 0 saturated heterocycles. The van der Waals surface area contributed by atoms with Gasteiger partial charge in [-0.15, -0.1) is 0 Å². The zero-order valence-electron chi connectivity index (χ0n) is 9.71. The molecule has 0 bridgehead atoms. The summed E-state index contributed by atoms with van der Waals surface area (Å²) in [5.41, 5.74) is 5.68. The molecule has 86 valence electrons. The highest BCUT2D eigenvalue weighted by Gasteiger charge is 2.32. The average molecular weight is 209 g/mol. The Morgan fingerprint density at radius 1 is 1.27 bits per heavy atom. The van der Waals surface area contributed by atoms with Gasteiger partial charge < -0.3 is 5.73 Å². The number of rotatable bonds is 7. The Balaban J connectivity index is 1.90. The van der Waals surface area contributed by atoms with Gasteiger partial charge in [-0.05, 0) is 43.9 Å². The first-order valence-electron chi connectivity index (χ1n) is 6.28. The van der Waals surface area contributed by atoms with Gasteiger partial charge in [0.25, 0.3) is 0 Å². The Bertz CT molecular complexity index is 217. The highest BCUT2D eigenvalue weighted by molar-refractivity contribution is 5.82. The summed E-state index contributed by atoms with van der Waals surface area (Å²) in [6, 6.07) is 0.200. The van der Waals surface area contributed by atoms with Crippen molar-refractivity contribution in [1.82, 2.24) is 4.90 Å². The molecule has 1 atom stereocenters. The molecule has 0 aromatic carbocycles. The summed E-state index contributed by atoms with van der Waals surface area (Å²) in [7, 11) is 0. The zero-order chi connectivity index (χ0) is 10.8. The molecule has 0 heterocycles. The first-order chi connectivity index (χ1) is 7.20. The van der Waals surface area contributed by atoms with Gasteiger partial charge in [0.05, 0.1) is 6.04 Å². The zero-order valence-corrected chi connectivity index (χ0v) is 9.71. The molecule has 0 aromatic rings. The second kappa shape index (κ2) is 4.52. The normalized spacial score (nSPS) is 23.1. The molecule has 3 N–H and O–H groups in total. The van der Waals surface area contributed by atoms with Crippen LogP contribution in [0.5, 0.6) is 0 Å². The van der Waals surface area contributed by atoms with E-state index in [2.05, 4.69) is 11.8 Å². The van der Waals surface area contributed by atoms with E-state index in [1.54, 1.807) is 0 Å². The molecule has 2 aliphatic carbocycles. The van der Waals surface area contributed by atoms with E-state index < -0.39 is 0 Å². The van der Waals surface area contributed by atoms with Gasteiger partial charge in [-0.3, -0.25) is 10.3 Å². The van der Waals surface area contributed by atoms with Crippen LogP contribution in [-0.2, 0) is 0 Å². The molecule has 15 heavy (non-hydrogen) atoms. The van der Waals surface area contributed by atoms with Gasteiger partial charge in [0.15, 0.2) is 0 Å². The summed E-state index contributed by atoms with van der Waals surface area (Å²) in [4.78, 5) is 2.47. The van der Waals surface area contributed by atoms with Crippen LogP contribution < -0.4 is 5.73 Å². The molecule has 0 aliphatic heterocycles. The van der Waals surface area contributed by atoms with E-state index in [0.29, 0.717) is 5.84 Å². The van der Waals surface area contributed by atoms with Crippen molar-refractivity contribution in [2.45, 2.75) is 45.1 Å². The molecule has 0 spiro atoms. The maximum absolute atomic E-state index is 7.65. The van der Waals surface area contributed by atoms with Gasteiger partial charge in [0, 0.05) is 13.1 Å². The van der Waals surface area contributed by atoms with E-state index >= 15 is 0 Å². The Morgan fingerprint density at radius 2 is 1.73 bits per heavy atom. The molecule has 3 nitrogen and oxygen atoms in total. The maximum atomic E-state index is 7.65. The van der Waals surface area contributed by atoms with Gasteiger partial charge in [0.2, 0.25) is 0 Å². The van der Waals surface area contributed by atoms with Gasteiger partial charge in [-0.25, -0.2) is 0 Å². The summed E-state index contributed by atoms with van der Waals surface area (Å²) in [6.45, 7) is 4.49. The summed E-state index contributed by atoms with van der Waals surface area (Å²) >= 11 is 0. The minimum absolute atomic E-state index is 0.200. The number of nitrogens with one attached hydrogen (secondary N) is 1. The van der Waals surface area contributed by atoms with Crippen molar-refractivity contribution in [3.63, 3.8) is 0 Å². The fourth-order valence-electron chi connectivity index (χ4n) is 2.27. The van der Waals surface area contributed by atoms with Crippen molar-refractivity contribution < 1.29 is 0 Å². The van der Waals surface area contributed by atoms with Gasteiger partial charge in [0.1, 0.15) is 5.84 Å². The minimum Gasteiger partial charge on any atom is -0.386 e. The molecule has 1 unspecified atom stereocenters. The van der Waals surface area contributed by atoms with Crippen LogP contribution in [0.15, 0.2) is 0 Å². The van der Waals surface area contributed by atoms with Gasteiger partial charge in [-0.1, -0.05) is 6.92 Å². The third-order valence-corrected chi connectivity index (χ3v) is 3.57. The number of nitrogens with zero attached hydrogens (tertiary/aromatic N) is 1. The van der Waals surface area contributed by atoms with Crippen LogP contribution in [0.4, 0.5) is 0 Å². The summed E-state index contributed by atoms with van der Waals surface area (Å²) in [6.07, 6.45) is 6.52. The third-order valence-electron chi connectivity index (χ3n) is 3.57. The van der Waals surface area contributed by atoms with E-state index in [9.17, 15) is 0 Å². The first-order valence-corrected chi connectivity index (χ1v) is 6.28. The van der Waals surface area contributed by atoms with Crippen LogP contribution in [0.1, 0.15) is 39.0 Å². The van der Waals surface area contributed by atoms with E-state index in [4.69, 9.17) is 11.1 Å². The highest BCUT2D eigenvalue weighted by atomic mass is 15.2. The SMILES string of the molecule is CCC(C(=N)N)N(CC1CC1)CC1CC1. The van der Waals surface area contributed by atoms with Crippen molar-refractivity contribution in [3.05, 3.63) is 0 Å². The average Bonchev–Trinajstić information content (AvgIpc) is 2.98. The maximum Gasteiger partial charge on any atom is 0.108 e. The number of hydrogen-bond acceptors (Lipinski definition) is 2. The van der Waals surface area contributed by atoms with Crippen molar-refractivity contribution in [3.8, 4) is 0 Å². The Hall–Kier alpha value is -0.570. The lowest BCUT2D eigenvalue weighted by Gasteiger charge is -2.30. The molecule has 0 amide bonds. The van der Waals surface area contributed by atoms with Crippen molar-refractivity contribution in [1.29, 1.82) is 5.41 Å². The third kappa shape index (κ3) is 3.20. The van der Waals surface area contributed by atoms with E-state index in [0.717, 1.165) is 18.3 Å². The molecule has 0 aromatic heterocycles. The second-order valence-electron chi connectivity index (χ2n) is 5.22. The van der Waals surface area contributed by atoms with Crippen molar-refractivity contribution in [2.24, 2.45) is 17.6 Å². The number of nitrogens with two attached hydrogens (primary N) is 1. The molecule has 2 saturated carbocycles. The van der Waals surface area contributed by atoms with Crippen molar-refractivity contribution in [2.75, 3.05) is 13.1 Å². The van der Waals surface area contributed by atoms with Crippen molar-refractivity contribution >= 4 is 5.84 Å². The van der Waals surface area contributed by atoms with Crippen LogP contribution in [0, 0.1) is 17.2 Å². The lowest BCUT2D eigenvalue weighted by atomic mass is 10.1. The predicted molar refractivity (Wildman–Crippen MR) is 63.0 cm³/mol. The first kappa shape index (κ1) is 10.9. The molecule has 2 aliphatic rings. The number of amidine groups is 1. The fourth-order valence-corrected chi connectivity index (χ4v) is 2.27. The summed E-state index contributed by atoms with van der Waals surface area (Å²) in [5, 5.41) is 7.65. The van der Waals surface area contributed by atoms with Gasteiger partial charge >= 0.3 is 0 Å². The fraction of sp³-hybridized carbons (Fsp3) is 0.917. The van der Waals surface area contributed by atoms with E-state index in [-0.39, 0.29) is 6.04 Å². The lowest BCUT2D eigenvalue weighted by Crippen LogP contribution is -2.45. The predicted octanol–water partition coefficient (Wildman–Crippen LogP) is 1.82. The Morgan fingerprint density at radius 3 is 2.00 bits per heavy atom. The molecule has 3 heteroatoms. The topological polar surface area (TPSA) is 53.1 Å². The number of hydrogen-bond donors (Lipinski definition) is 2. The molecule has 0 radical (unpaired) electrons. The quantitative estimate of drug-likeness (QED) is 0.496. The highest BCUT2D eigenvalue weighted by Crippen LogP contribution is 2.34. The smallest absolute Gasteiger partial charge is 0.108 e. The second-order valence-corrected chi connectivity index (χ2v) is 5.22. The van der Waals surface area contributed by atoms with Crippen LogP contribution in [0.3, 0.4) is 0 Å². The lowest BCUT2D eigenvalue weighted by molar-refractivity contribution is 0.216. The molecule has 2 fully saturated rings. The molecular weight excluding hydrogens is 186 g/mol. The summed E-state index contributed by atoms with van der Waals surface area (Å²) in [5.74, 6) is 2.16. The standard InChI is InChI=1S/C12H23N3/c1-2-11(12(13)14)15(7-9-3-4-9)8-10-5-6-10/h9-11H,2-8H2,1H3,(H3,13,14). The van der Waals surface area contributed by atoms with Crippen LogP contribution in [0.25, 0.3) is 0 Å². The van der Waals surface area contributed by atoms with Crippen LogP contribution >= 0.6 is 0 Å². The Labute approximate surface area is 92.5 Å². The van der Waals surface area contributed by atoms with E-state index in [1.807, 2.05) is 0 Å². The van der Waals surface area contributed by atoms with E-state index in [1.165, 1.54) is 38.8 Å². The minimum atomic E-state index is 0.200.